The Bertz CT molecular complexity index is 992. The molecule has 27 heavy (non-hydrogen) atoms. The lowest BCUT2D eigenvalue weighted by molar-refractivity contribution is 0.0697. The summed E-state index contributed by atoms with van der Waals surface area (Å²) in [5.41, 5.74) is 6.12. The van der Waals surface area contributed by atoms with Gasteiger partial charge in [-0.3, -0.25) is 0 Å². The summed E-state index contributed by atoms with van der Waals surface area (Å²) in [6, 6.07) is 12.6. The highest BCUT2D eigenvalue weighted by molar-refractivity contribution is 5.89. The van der Waals surface area contributed by atoms with E-state index in [4.69, 9.17) is 5.11 Å². The van der Waals surface area contributed by atoms with Crippen molar-refractivity contribution in [3.8, 4) is 0 Å². The van der Waals surface area contributed by atoms with Crippen LogP contribution in [0.3, 0.4) is 0 Å². The third-order valence-corrected chi connectivity index (χ3v) is 4.15. The molecule has 3 rings (SSSR count). The fourth-order valence-corrected chi connectivity index (χ4v) is 3.06. The lowest BCUT2D eigenvalue weighted by atomic mass is 10.1. The van der Waals surface area contributed by atoms with Crippen molar-refractivity contribution in [2.75, 3.05) is 10.6 Å². The molecule has 0 fully saturated rings. The Morgan fingerprint density at radius 2 is 1.63 bits per heavy atom. The predicted molar refractivity (Wildman–Crippen MR) is 107 cm³/mol. The number of benzene rings is 2. The van der Waals surface area contributed by atoms with Gasteiger partial charge in [0, 0.05) is 23.1 Å². The first kappa shape index (κ1) is 18.4. The highest BCUT2D eigenvalue weighted by Gasteiger charge is 2.09. The molecule has 6 nitrogen and oxygen atoms in total. The number of aromatic nitrogens is 2. The summed E-state index contributed by atoms with van der Waals surface area (Å²) in [4.78, 5) is 20.1. The Kier molecular flexibility index (Phi) is 5.07. The normalized spacial score (nSPS) is 10.5. The van der Waals surface area contributed by atoms with E-state index in [2.05, 4.69) is 53.5 Å². The van der Waals surface area contributed by atoms with E-state index in [0.717, 1.165) is 22.5 Å². The summed E-state index contributed by atoms with van der Waals surface area (Å²) in [6.07, 6.45) is 0. The second-order valence-electron chi connectivity index (χ2n) is 6.63. The monoisotopic (exact) mass is 362 g/mol. The van der Waals surface area contributed by atoms with Crippen LogP contribution in [0.4, 0.5) is 23.1 Å². The molecule has 3 N–H and O–H groups in total. The number of aromatic carboxylic acids is 1. The van der Waals surface area contributed by atoms with Crippen molar-refractivity contribution in [2.24, 2.45) is 0 Å². The second-order valence-corrected chi connectivity index (χ2v) is 6.63. The van der Waals surface area contributed by atoms with E-state index in [1.807, 2.05) is 13.0 Å². The molecule has 0 atom stereocenters. The first-order valence-corrected chi connectivity index (χ1v) is 8.63. The molecule has 1 aromatic heterocycles. The summed E-state index contributed by atoms with van der Waals surface area (Å²) >= 11 is 0. The van der Waals surface area contributed by atoms with Gasteiger partial charge in [0.1, 0.15) is 5.82 Å². The maximum absolute atomic E-state index is 11.1. The highest BCUT2D eigenvalue weighted by atomic mass is 16.4. The number of carboxylic acids is 1. The summed E-state index contributed by atoms with van der Waals surface area (Å²) in [5.74, 6) is 0.113. The van der Waals surface area contributed by atoms with Gasteiger partial charge >= 0.3 is 5.97 Å². The Hall–Kier alpha value is -3.41. The van der Waals surface area contributed by atoms with Crippen LogP contribution in [0.15, 0.2) is 42.5 Å². The van der Waals surface area contributed by atoms with Gasteiger partial charge in [0.2, 0.25) is 5.95 Å². The minimum absolute atomic E-state index is 0.218. The fraction of sp³-hybridized carbons (Fsp3) is 0.190. The molecule has 138 valence electrons. The Labute approximate surface area is 158 Å². The van der Waals surface area contributed by atoms with Crippen LogP contribution >= 0.6 is 0 Å². The van der Waals surface area contributed by atoms with Gasteiger partial charge in [-0.25, -0.2) is 9.78 Å². The van der Waals surface area contributed by atoms with E-state index in [1.54, 1.807) is 24.3 Å². The molecule has 2 aromatic carbocycles. The van der Waals surface area contributed by atoms with Crippen LogP contribution in [-0.2, 0) is 0 Å². The van der Waals surface area contributed by atoms with Gasteiger partial charge in [-0.15, -0.1) is 0 Å². The van der Waals surface area contributed by atoms with Crippen molar-refractivity contribution in [1.82, 2.24) is 9.97 Å². The Morgan fingerprint density at radius 3 is 2.30 bits per heavy atom. The number of hydrogen-bond donors (Lipinski definition) is 3. The molecular formula is C21H22N4O2. The third-order valence-electron chi connectivity index (χ3n) is 4.15. The van der Waals surface area contributed by atoms with Crippen molar-refractivity contribution >= 4 is 29.1 Å². The highest BCUT2D eigenvalue weighted by Crippen LogP contribution is 2.26. The van der Waals surface area contributed by atoms with E-state index in [-0.39, 0.29) is 5.56 Å². The van der Waals surface area contributed by atoms with Crippen molar-refractivity contribution < 1.29 is 9.90 Å². The zero-order chi connectivity index (χ0) is 19.6. The van der Waals surface area contributed by atoms with Gasteiger partial charge < -0.3 is 15.7 Å². The first-order valence-electron chi connectivity index (χ1n) is 8.63. The molecule has 1 heterocycles. The van der Waals surface area contributed by atoms with Crippen LogP contribution in [-0.4, -0.2) is 21.0 Å². The number of aryl methyl sites for hydroxylation is 4. The maximum atomic E-state index is 11.1. The molecule has 0 aliphatic carbocycles. The smallest absolute Gasteiger partial charge is 0.335 e. The average Bonchev–Trinajstić information content (AvgIpc) is 2.58. The zero-order valence-corrected chi connectivity index (χ0v) is 15.8. The van der Waals surface area contributed by atoms with Crippen LogP contribution in [0, 0.1) is 27.7 Å². The summed E-state index contributed by atoms with van der Waals surface area (Å²) in [5, 5.41) is 15.6. The van der Waals surface area contributed by atoms with E-state index >= 15 is 0 Å². The molecule has 6 heteroatoms. The fourth-order valence-electron chi connectivity index (χ4n) is 3.06. The van der Waals surface area contributed by atoms with Crippen LogP contribution in [0.1, 0.15) is 32.7 Å². The lowest BCUT2D eigenvalue weighted by Gasteiger charge is -2.14. The molecule has 0 unspecified atom stereocenters. The summed E-state index contributed by atoms with van der Waals surface area (Å²) < 4.78 is 0. The van der Waals surface area contributed by atoms with Crippen LogP contribution in [0.25, 0.3) is 0 Å². The zero-order valence-electron chi connectivity index (χ0n) is 15.8. The number of carbonyl (C=O) groups is 1. The summed E-state index contributed by atoms with van der Waals surface area (Å²) in [6.45, 7) is 8.06. The number of hydrogen-bond acceptors (Lipinski definition) is 5. The molecule has 0 aliphatic rings. The van der Waals surface area contributed by atoms with Gasteiger partial charge in [0.05, 0.1) is 5.56 Å². The molecule has 0 radical (unpaired) electrons. The number of rotatable bonds is 5. The van der Waals surface area contributed by atoms with Gasteiger partial charge in [0.15, 0.2) is 0 Å². The summed E-state index contributed by atoms with van der Waals surface area (Å²) in [7, 11) is 0. The van der Waals surface area contributed by atoms with E-state index < -0.39 is 5.97 Å². The topological polar surface area (TPSA) is 87.1 Å². The average molecular weight is 362 g/mol. The lowest BCUT2D eigenvalue weighted by Crippen LogP contribution is -2.05. The predicted octanol–water partition coefficient (Wildman–Crippen LogP) is 4.90. The van der Waals surface area contributed by atoms with Gasteiger partial charge in [0.25, 0.3) is 0 Å². The molecule has 0 amide bonds. The largest absolute Gasteiger partial charge is 0.478 e. The van der Waals surface area contributed by atoms with Crippen LogP contribution in [0.2, 0.25) is 0 Å². The number of carboxylic acid groups (broad SMARTS) is 1. The minimum atomic E-state index is -0.967. The van der Waals surface area contributed by atoms with Crippen molar-refractivity contribution in [2.45, 2.75) is 27.7 Å². The minimum Gasteiger partial charge on any atom is -0.478 e. The quantitative estimate of drug-likeness (QED) is 0.599. The Balaban J connectivity index is 1.89. The second kappa shape index (κ2) is 7.45. The van der Waals surface area contributed by atoms with E-state index in [0.29, 0.717) is 17.5 Å². The van der Waals surface area contributed by atoms with Crippen LogP contribution in [0.5, 0.6) is 0 Å². The van der Waals surface area contributed by atoms with Gasteiger partial charge in [-0.2, -0.15) is 4.98 Å². The number of nitrogens with one attached hydrogen (secondary N) is 2. The van der Waals surface area contributed by atoms with Gasteiger partial charge in [-0.05, 0) is 57.0 Å². The van der Waals surface area contributed by atoms with E-state index in [1.165, 1.54) is 5.56 Å². The van der Waals surface area contributed by atoms with E-state index in [9.17, 15) is 4.79 Å². The molecule has 0 bridgehead atoms. The molecule has 0 spiro atoms. The Morgan fingerprint density at radius 1 is 0.926 bits per heavy atom. The molecule has 3 aromatic rings. The van der Waals surface area contributed by atoms with Crippen molar-refractivity contribution in [1.29, 1.82) is 0 Å². The number of anilines is 4. The number of nitrogens with zero attached hydrogens (tertiary/aromatic N) is 2. The van der Waals surface area contributed by atoms with Crippen LogP contribution < -0.4 is 10.6 Å². The molecule has 0 saturated heterocycles. The van der Waals surface area contributed by atoms with Gasteiger partial charge in [-0.1, -0.05) is 23.8 Å². The van der Waals surface area contributed by atoms with Crippen molar-refractivity contribution in [3.05, 3.63) is 70.4 Å². The first-order chi connectivity index (χ1) is 12.8. The molecule has 0 saturated carbocycles. The maximum Gasteiger partial charge on any atom is 0.335 e. The van der Waals surface area contributed by atoms with Crippen molar-refractivity contribution in [3.63, 3.8) is 0 Å². The third kappa shape index (κ3) is 4.41. The molecule has 0 aliphatic heterocycles. The SMILES string of the molecule is Cc1cc(C)c(Nc2nc(C)cc(Nc3cccc(C(=O)O)c3)n2)c(C)c1. The standard InChI is InChI=1S/C21H22N4O2/c1-12-8-13(2)19(14(3)9-12)25-21-22-15(4)10-18(24-21)23-17-7-5-6-16(11-17)20(26)27/h5-11H,1-4H3,(H,26,27)(H2,22,23,24,25). The molecular weight excluding hydrogens is 340 g/mol.